The maximum absolute atomic E-state index is 5.64. The van der Waals surface area contributed by atoms with Gasteiger partial charge in [0, 0.05) is 37.8 Å². The van der Waals surface area contributed by atoms with Crippen molar-refractivity contribution in [1.82, 2.24) is 15.6 Å². The lowest BCUT2D eigenvalue weighted by molar-refractivity contribution is 0.0529. The molecule has 0 amide bonds. The Balaban J connectivity index is 0.00000341. The van der Waals surface area contributed by atoms with Crippen LogP contribution in [0.5, 0.6) is 0 Å². The highest BCUT2D eigenvalue weighted by Gasteiger charge is 2.21. The molecule has 2 heterocycles. The van der Waals surface area contributed by atoms with Crippen LogP contribution in [0.1, 0.15) is 38.8 Å². The molecular weight excluding hydrogens is 501 g/mol. The van der Waals surface area contributed by atoms with Crippen LogP contribution in [-0.2, 0) is 16.7 Å². The van der Waals surface area contributed by atoms with Gasteiger partial charge < -0.3 is 20.3 Å². The van der Waals surface area contributed by atoms with Crippen molar-refractivity contribution in [1.29, 1.82) is 0 Å². The van der Waals surface area contributed by atoms with E-state index in [1.165, 1.54) is 5.56 Å². The standard InChI is InChI=1S/C24H35N5O.HI/c1-5-25-23(28-18-24(3,4)21-9-7-6-8-10-21)27-16-20-11-12-26-22(15-20)29-13-14-30-19(2)17-29;/h6-12,15,19H,5,13-14,16-18H2,1-4H3,(H2,25,27,28);1H. The largest absolute Gasteiger partial charge is 0.375 e. The molecular formula is C24H36IN5O. The van der Waals surface area contributed by atoms with Crippen molar-refractivity contribution in [3.63, 3.8) is 0 Å². The zero-order valence-corrected chi connectivity index (χ0v) is 21.4. The second-order valence-corrected chi connectivity index (χ2v) is 8.45. The van der Waals surface area contributed by atoms with Gasteiger partial charge >= 0.3 is 0 Å². The summed E-state index contributed by atoms with van der Waals surface area (Å²) in [4.78, 5) is 11.6. The maximum atomic E-state index is 5.64. The summed E-state index contributed by atoms with van der Waals surface area (Å²) in [6, 6.07) is 14.8. The highest BCUT2D eigenvalue weighted by Crippen LogP contribution is 2.21. The fraction of sp³-hybridized carbons (Fsp3) is 0.500. The van der Waals surface area contributed by atoms with E-state index in [2.05, 4.69) is 84.6 Å². The van der Waals surface area contributed by atoms with Gasteiger partial charge in [-0.25, -0.2) is 9.98 Å². The number of nitrogens with one attached hydrogen (secondary N) is 2. The molecule has 6 nitrogen and oxygen atoms in total. The number of rotatable bonds is 7. The Morgan fingerprint density at radius 2 is 2.00 bits per heavy atom. The van der Waals surface area contributed by atoms with Crippen LogP contribution >= 0.6 is 24.0 Å². The Hall–Kier alpha value is -1.87. The normalized spacial score (nSPS) is 17.1. The molecule has 1 aromatic carbocycles. The van der Waals surface area contributed by atoms with Crippen LogP contribution in [0.25, 0.3) is 0 Å². The lowest BCUT2D eigenvalue weighted by Crippen LogP contribution is -2.43. The lowest BCUT2D eigenvalue weighted by Gasteiger charge is -2.32. The number of aromatic nitrogens is 1. The molecule has 1 aromatic heterocycles. The molecule has 1 aliphatic heterocycles. The van der Waals surface area contributed by atoms with Crippen LogP contribution in [-0.4, -0.2) is 49.8 Å². The van der Waals surface area contributed by atoms with Crippen molar-refractivity contribution in [2.24, 2.45) is 4.99 Å². The van der Waals surface area contributed by atoms with Crippen molar-refractivity contribution < 1.29 is 4.74 Å². The molecule has 7 heteroatoms. The third-order valence-corrected chi connectivity index (χ3v) is 5.39. The molecule has 3 rings (SSSR count). The molecule has 0 bridgehead atoms. The average molecular weight is 537 g/mol. The van der Waals surface area contributed by atoms with E-state index in [-0.39, 0.29) is 35.5 Å². The minimum Gasteiger partial charge on any atom is -0.375 e. The number of ether oxygens (including phenoxy) is 1. The number of aliphatic imine (C=N–C) groups is 1. The van der Waals surface area contributed by atoms with Crippen molar-refractivity contribution in [3.8, 4) is 0 Å². The van der Waals surface area contributed by atoms with Crippen LogP contribution in [0, 0.1) is 0 Å². The van der Waals surface area contributed by atoms with Crippen molar-refractivity contribution in [2.75, 3.05) is 37.7 Å². The Morgan fingerprint density at radius 1 is 1.23 bits per heavy atom. The first-order chi connectivity index (χ1) is 14.5. The van der Waals surface area contributed by atoms with Crippen molar-refractivity contribution in [2.45, 2.75) is 45.8 Å². The first-order valence-electron chi connectivity index (χ1n) is 10.9. The third kappa shape index (κ3) is 7.64. The van der Waals surface area contributed by atoms with Gasteiger partial charge in [-0.15, -0.1) is 24.0 Å². The fourth-order valence-electron chi connectivity index (χ4n) is 3.57. The van der Waals surface area contributed by atoms with Crippen molar-refractivity contribution >= 4 is 35.8 Å². The number of guanidine groups is 1. The molecule has 0 saturated carbocycles. The number of hydrogen-bond acceptors (Lipinski definition) is 4. The average Bonchev–Trinajstić information content (AvgIpc) is 2.76. The van der Waals surface area contributed by atoms with Gasteiger partial charge in [-0.2, -0.15) is 0 Å². The first kappa shape index (κ1) is 25.4. The Bertz CT molecular complexity index is 828. The Kier molecular flexibility index (Phi) is 10.0. The summed E-state index contributed by atoms with van der Waals surface area (Å²) in [5.41, 5.74) is 2.47. The molecule has 0 radical (unpaired) electrons. The van der Waals surface area contributed by atoms with Gasteiger partial charge in [-0.3, -0.25) is 0 Å². The highest BCUT2D eigenvalue weighted by molar-refractivity contribution is 14.0. The summed E-state index contributed by atoms with van der Waals surface area (Å²) >= 11 is 0. The smallest absolute Gasteiger partial charge is 0.191 e. The first-order valence-corrected chi connectivity index (χ1v) is 10.9. The summed E-state index contributed by atoms with van der Waals surface area (Å²) in [7, 11) is 0. The van der Waals surface area contributed by atoms with Crippen LogP contribution in [0.15, 0.2) is 53.7 Å². The molecule has 1 atom stereocenters. The Morgan fingerprint density at radius 3 is 2.71 bits per heavy atom. The van der Waals surface area contributed by atoms with Gasteiger partial charge in [-0.1, -0.05) is 44.2 Å². The quantitative estimate of drug-likeness (QED) is 0.318. The van der Waals surface area contributed by atoms with Crippen LogP contribution in [0.2, 0.25) is 0 Å². The zero-order valence-electron chi connectivity index (χ0n) is 19.1. The zero-order chi connectivity index (χ0) is 21.4. The monoisotopic (exact) mass is 537 g/mol. The predicted octanol–water partition coefficient (Wildman–Crippen LogP) is 3.96. The van der Waals surface area contributed by atoms with Crippen molar-refractivity contribution in [3.05, 3.63) is 59.8 Å². The highest BCUT2D eigenvalue weighted by atomic mass is 127. The van der Waals surface area contributed by atoms with E-state index in [4.69, 9.17) is 9.73 Å². The number of nitrogens with zero attached hydrogens (tertiary/aromatic N) is 3. The number of halogens is 1. The van der Waals surface area contributed by atoms with E-state index >= 15 is 0 Å². The molecule has 0 spiro atoms. The topological polar surface area (TPSA) is 61.8 Å². The number of pyridine rings is 1. The number of morpholine rings is 1. The van der Waals surface area contributed by atoms with E-state index in [0.29, 0.717) is 6.54 Å². The van der Waals surface area contributed by atoms with Gasteiger partial charge in [0.05, 0.1) is 19.3 Å². The molecule has 170 valence electrons. The number of benzene rings is 1. The van der Waals surface area contributed by atoms with Crippen LogP contribution in [0.4, 0.5) is 5.82 Å². The van der Waals surface area contributed by atoms with E-state index < -0.39 is 0 Å². The van der Waals surface area contributed by atoms with Gasteiger partial charge in [0.15, 0.2) is 5.96 Å². The minimum atomic E-state index is 0. The third-order valence-electron chi connectivity index (χ3n) is 5.39. The maximum Gasteiger partial charge on any atom is 0.191 e. The van der Waals surface area contributed by atoms with E-state index in [9.17, 15) is 0 Å². The van der Waals surface area contributed by atoms with E-state index in [1.54, 1.807) is 0 Å². The van der Waals surface area contributed by atoms with Crippen LogP contribution in [0.3, 0.4) is 0 Å². The molecule has 1 aliphatic rings. The molecule has 31 heavy (non-hydrogen) atoms. The van der Waals surface area contributed by atoms with Gasteiger partial charge in [0.1, 0.15) is 5.82 Å². The number of anilines is 1. The van der Waals surface area contributed by atoms with Gasteiger partial charge in [0.25, 0.3) is 0 Å². The van der Waals surface area contributed by atoms with Gasteiger partial charge in [0.2, 0.25) is 0 Å². The summed E-state index contributed by atoms with van der Waals surface area (Å²) in [6.45, 7) is 13.4. The number of hydrogen-bond donors (Lipinski definition) is 2. The molecule has 2 N–H and O–H groups in total. The van der Waals surface area contributed by atoms with Crippen LogP contribution < -0.4 is 15.5 Å². The molecule has 1 fully saturated rings. The molecule has 1 saturated heterocycles. The summed E-state index contributed by atoms with van der Waals surface area (Å²) in [5.74, 6) is 1.83. The predicted molar refractivity (Wildman–Crippen MR) is 140 cm³/mol. The van der Waals surface area contributed by atoms with Gasteiger partial charge in [-0.05, 0) is 37.1 Å². The minimum absolute atomic E-state index is 0. The second kappa shape index (κ2) is 12.2. The van der Waals surface area contributed by atoms with E-state index in [0.717, 1.165) is 50.1 Å². The summed E-state index contributed by atoms with van der Waals surface area (Å²) < 4.78 is 5.64. The molecule has 0 aliphatic carbocycles. The second-order valence-electron chi connectivity index (χ2n) is 8.45. The van der Waals surface area contributed by atoms with E-state index in [1.807, 2.05) is 12.3 Å². The Labute approximate surface area is 203 Å². The summed E-state index contributed by atoms with van der Waals surface area (Å²) in [5, 5.41) is 6.87. The lowest BCUT2D eigenvalue weighted by atomic mass is 9.85. The summed E-state index contributed by atoms with van der Waals surface area (Å²) in [6.07, 6.45) is 2.11. The molecule has 2 aromatic rings. The SMILES string of the molecule is CCNC(=NCc1ccnc(N2CCOC(C)C2)c1)NCC(C)(C)c1ccccc1.I. The molecule has 1 unspecified atom stereocenters. The fourth-order valence-corrected chi connectivity index (χ4v) is 3.57.